The molecule has 1 heterocycles. The van der Waals surface area contributed by atoms with Gasteiger partial charge in [-0.2, -0.15) is 0 Å². The third-order valence-corrected chi connectivity index (χ3v) is 6.88. The van der Waals surface area contributed by atoms with Crippen LogP contribution in [0.15, 0.2) is 6.07 Å². The predicted molar refractivity (Wildman–Crippen MR) is 141 cm³/mol. The number of fused-ring (bicyclic) bond motifs is 1. The molecule has 0 radical (unpaired) electrons. The highest BCUT2D eigenvalue weighted by atomic mass is 16.5. The number of ketones is 1. The first kappa shape index (κ1) is 28.2. The van der Waals surface area contributed by atoms with Crippen LogP contribution in [0.25, 0.3) is 0 Å². The van der Waals surface area contributed by atoms with E-state index in [0.29, 0.717) is 52.0 Å². The molecule has 0 aliphatic carbocycles. The number of carbonyl (C=O) groups excluding carboxylic acids is 1. The molecule has 0 unspecified atom stereocenters. The number of carbonyl (C=O) groups is 1. The summed E-state index contributed by atoms with van der Waals surface area (Å²) in [4.78, 5) is 15.7. The summed E-state index contributed by atoms with van der Waals surface area (Å²) in [6.45, 7) is 4.42. The zero-order chi connectivity index (χ0) is 27.1. The first-order chi connectivity index (χ1) is 17.9. The molecule has 0 N–H and O–H groups in total. The van der Waals surface area contributed by atoms with E-state index in [4.69, 9.17) is 33.2 Å². The summed E-state index contributed by atoms with van der Waals surface area (Å²) in [5.74, 6) is 3.63. The maximum absolute atomic E-state index is 13.3. The molecule has 3 rings (SSSR count). The minimum Gasteiger partial charge on any atom is -0.493 e. The molecule has 204 valence electrons. The van der Waals surface area contributed by atoms with Crippen molar-refractivity contribution in [2.45, 2.75) is 39.2 Å². The van der Waals surface area contributed by atoms with Crippen LogP contribution in [-0.2, 0) is 13.0 Å². The third-order valence-electron chi connectivity index (χ3n) is 6.88. The van der Waals surface area contributed by atoms with Gasteiger partial charge in [-0.1, -0.05) is 0 Å². The molecular formula is C28H39NO8. The SMILES string of the molecule is COc1cc2c(c(OC)c1OC)CCN(CCCCC(=O)c1c(C)c(OC)c(OC)c(OC)c1OC)C2. The fourth-order valence-electron chi connectivity index (χ4n) is 5.13. The largest absolute Gasteiger partial charge is 0.493 e. The van der Waals surface area contributed by atoms with Crippen LogP contribution in [0, 0.1) is 6.92 Å². The van der Waals surface area contributed by atoms with E-state index < -0.39 is 0 Å². The number of Topliss-reactive ketones (excluding diaryl/α,β-unsaturated/α-hetero) is 1. The Hall–Kier alpha value is -3.33. The van der Waals surface area contributed by atoms with Crippen LogP contribution in [0.4, 0.5) is 0 Å². The van der Waals surface area contributed by atoms with Gasteiger partial charge in [-0.25, -0.2) is 0 Å². The second-order valence-corrected chi connectivity index (χ2v) is 8.82. The van der Waals surface area contributed by atoms with Crippen molar-refractivity contribution in [3.63, 3.8) is 0 Å². The van der Waals surface area contributed by atoms with Crippen molar-refractivity contribution in [2.24, 2.45) is 0 Å². The highest BCUT2D eigenvalue weighted by Crippen LogP contribution is 2.49. The summed E-state index contributed by atoms with van der Waals surface area (Å²) in [5.41, 5.74) is 3.48. The van der Waals surface area contributed by atoms with Crippen LogP contribution in [0.1, 0.15) is 46.3 Å². The molecule has 0 atom stereocenters. The Bertz CT molecular complexity index is 1110. The van der Waals surface area contributed by atoms with Gasteiger partial charge in [0, 0.05) is 30.6 Å². The summed E-state index contributed by atoms with van der Waals surface area (Å²) < 4.78 is 38.8. The van der Waals surface area contributed by atoms with Crippen molar-refractivity contribution in [3.8, 4) is 40.2 Å². The van der Waals surface area contributed by atoms with Gasteiger partial charge in [0.1, 0.15) is 0 Å². The van der Waals surface area contributed by atoms with Gasteiger partial charge in [0.2, 0.25) is 17.2 Å². The summed E-state index contributed by atoms with van der Waals surface area (Å²) in [6.07, 6.45) is 2.88. The molecule has 9 heteroatoms. The summed E-state index contributed by atoms with van der Waals surface area (Å²) in [5, 5.41) is 0. The second kappa shape index (κ2) is 12.8. The van der Waals surface area contributed by atoms with Crippen LogP contribution in [-0.4, -0.2) is 73.5 Å². The minimum absolute atomic E-state index is 0.0147. The number of rotatable bonds is 13. The Morgan fingerprint density at radius 2 is 1.35 bits per heavy atom. The van der Waals surface area contributed by atoms with Crippen LogP contribution >= 0.6 is 0 Å². The molecule has 2 aromatic rings. The Labute approximate surface area is 219 Å². The monoisotopic (exact) mass is 517 g/mol. The third kappa shape index (κ3) is 5.51. The molecule has 0 aromatic heterocycles. The lowest BCUT2D eigenvalue weighted by Crippen LogP contribution is -2.31. The maximum Gasteiger partial charge on any atom is 0.208 e. The molecule has 1 aliphatic heterocycles. The Morgan fingerprint density at radius 1 is 0.757 bits per heavy atom. The fourth-order valence-corrected chi connectivity index (χ4v) is 5.13. The lowest BCUT2D eigenvalue weighted by atomic mass is 9.96. The number of ether oxygens (including phenoxy) is 7. The van der Waals surface area contributed by atoms with Crippen molar-refractivity contribution in [2.75, 3.05) is 62.9 Å². The van der Waals surface area contributed by atoms with Gasteiger partial charge < -0.3 is 33.2 Å². The highest BCUT2D eigenvalue weighted by molar-refractivity contribution is 6.02. The molecule has 0 saturated carbocycles. The van der Waals surface area contributed by atoms with Crippen molar-refractivity contribution in [1.29, 1.82) is 0 Å². The van der Waals surface area contributed by atoms with Crippen LogP contribution in [0.3, 0.4) is 0 Å². The fraction of sp³-hybridized carbons (Fsp3) is 0.536. The molecular weight excluding hydrogens is 478 g/mol. The van der Waals surface area contributed by atoms with Gasteiger partial charge in [-0.05, 0) is 44.4 Å². The van der Waals surface area contributed by atoms with E-state index in [9.17, 15) is 4.79 Å². The molecule has 2 aromatic carbocycles. The smallest absolute Gasteiger partial charge is 0.208 e. The zero-order valence-electron chi connectivity index (χ0n) is 23.2. The van der Waals surface area contributed by atoms with Crippen LogP contribution in [0.2, 0.25) is 0 Å². The quantitative estimate of drug-likeness (QED) is 0.282. The number of benzene rings is 2. The van der Waals surface area contributed by atoms with E-state index in [2.05, 4.69) is 4.90 Å². The van der Waals surface area contributed by atoms with Crippen LogP contribution < -0.4 is 33.2 Å². The lowest BCUT2D eigenvalue weighted by Gasteiger charge is -2.30. The predicted octanol–water partition coefficient (Wildman–Crippen LogP) is 4.47. The van der Waals surface area contributed by atoms with E-state index in [-0.39, 0.29) is 5.78 Å². The topological polar surface area (TPSA) is 84.9 Å². The molecule has 0 bridgehead atoms. The van der Waals surface area contributed by atoms with Crippen molar-refractivity contribution in [1.82, 2.24) is 4.90 Å². The first-order valence-electron chi connectivity index (χ1n) is 12.3. The number of hydrogen-bond donors (Lipinski definition) is 0. The summed E-state index contributed by atoms with van der Waals surface area (Å²) in [7, 11) is 11.0. The Kier molecular flexibility index (Phi) is 9.74. The average molecular weight is 518 g/mol. The van der Waals surface area contributed by atoms with E-state index in [1.54, 1.807) is 28.4 Å². The van der Waals surface area contributed by atoms with Gasteiger partial charge in [0.05, 0.1) is 55.3 Å². The van der Waals surface area contributed by atoms with Gasteiger partial charge in [0.25, 0.3) is 0 Å². The normalized spacial score (nSPS) is 13.0. The van der Waals surface area contributed by atoms with Gasteiger partial charge in [-0.3, -0.25) is 9.69 Å². The zero-order valence-corrected chi connectivity index (χ0v) is 23.2. The lowest BCUT2D eigenvalue weighted by molar-refractivity contribution is 0.0972. The molecule has 0 spiro atoms. The van der Waals surface area contributed by atoms with Gasteiger partial charge in [-0.15, -0.1) is 0 Å². The van der Waals surface area contributed by atoms with Gasteiger partial charge >= 0.3 is 0 Å². The van der Waals surface area contributed by atoms with Crippen LogP contribution in [0.5, 0.6) is 40.2 Å². The number of hydrogen-bond acceptors (Lipinski definition) is 9. The van der Waals surface area contributed by atoms with Crippen molar-refractivity contribution >= 4 is 5.78 Å². The molecule has 1 aliphatic rings. The summed E-state index contributed by atoms with van der Waals surface area (Å²) >= 11 is 0. The second-order valence-electron chi connectivity index (χ2n) is 8.82. The molecule has 9 nitrogen and oxygen atoms in total. The highest BCUT2D eigenvalue weighted by Gasteiger charge is 2.29. The Morgan fingerprint density at radius 3 is 1.92 bits per heavy atom. The van der Waals surface area contributed by atoms with E-state index in [0.717, 1.165) is 50.2 Å². The number of unbranched alkanes of at least 4 members (excludes halogenated alkanes) is 1. The number of methoxy groups -OCH3 is 7. The van der Waals surface area contributed by atoms with E-state index in [1.807, 2.05) is 13.0 Å². The van der Waals surface area contributed by atoms with Crippen molar-refractivity contribution in [3.05, 3.63) is 28.3 Å². The average Bonchev–Trinajstić information content (AvgIpc) is 2.92. The van der Waals surface area contributed by atoms with E-state index in [1.165, 1.54) is 26.9 Å². The number of nitrogens with zero attached hydrogens (tertiary/aromatic N) is 1. The van der Waals surface area contributed by atoms with Crippen molar-refractivity contribution < 1.29 is 38.0 Å². The molecule has 0 amide bonds. The van der Waals surface area contributed by atoms with E-state index >= 15 is 0 Å². The first-order valence-corrected chi connectivity index (χ1v) is 12.3. The summed E-state index contributed by atoms with van der Waals surface area (Å²) in [6, 6.07) is 2.03. The minimum atomic E-state index is -0.0147. The maximum atomic E-state index is 13.3. The molecule has 37 heavy (non-hydrogen) atoms. The molecule has 0 saturated heterocycles. The Balaban J connectivity index is 1.68. The molecule has 0 fully saturated rings. The standard InChI is InChI=1S/C28H39NO8/c1-17-22(26(35-6)28(37-8)27(36-7)23(17)32-3)20(30)11-9-10-13-29-14-12-19-18(16-29)15-21(31-2)25(34-5)24(19)33-4/h15H,9-14,16H2,1-8H3. The van der Waals surface area contributed by atoms with Gasteiger partial charge in [0.15, 0.2) is 28.8 Å².